The van der Waals surface area contributed by atoms with E-state index in [1.807, 2.05) is 47.4 Å². The molecule has 0 unspecified atom stereocenters. The van der Waals surface area contributed by atoms with Crippen LogP contribution in [0.4, 0.5) is 10.5 Å². The molecule has 1 aliphatic rings. The molecule has 0 atom stereocenters. The van der Waals surface area contributed by atoms with Crippen LogP contribution in [0.3, 0.4) is 0 Å². The number of anilines is 1. The van der Waals surface area contributed by atoms with Crippen molar-refractivity contribution < 1.29 is 4.79 Å². The Morgan fingerprint density at radius 1 is 0.793 bits per heavy atom. The van der Waals surface area contributed by atoms with Crippen molar-refractivity contribution in [3.05, 3.63) is 79.1 Å². The van der Waals surface area contributed by atoms with Crippen LogP contribution in [0.2, 0.25) is 0 Å². The summed E-state index contributed by atoms with van der Waals surface area (Å²) in [7, 11) is 0. The van der Waals surface area contributed by atoms with Crippen LogP contribution in [0.25, 0.3) is 22.2 Å². The molecule has 29 heavy (non-hydrogen) atoms. The van der Waals surface area contributed by atoms with Gasteiger partial charge < -0.3 is 9.80 Å². The Hall–Kier alpha value is -3.67. The first-order valence-corrected chi connectivity index (χ1v) is 9.79. The lowest BCUT2D eigenvalue weighted by atomic mass is 10.0. The number of para-hydroxylation sites is 1. The van der Waals surface area contributed by atoms with E-state index in [0.717, 1.165) is 29.4 Å². The molecule has 0 spiro atoms. The number of rotatable bonds is 2. The van der Waals surface area contributed by atoms with Crippen molar-refractivity contribution >= 4 is 22.5 Å². The van der Waals surface area contributed by atoms with Gasteiger partial charge in [-0.25, -0.2) is 9.78 Å². The number of hydrogen-bond donors (Lipinski definition) is 0. The minimum absolute atomic E-state index is 0.128. The maximum Gasteiger partial charge on any atom is 0.346 e. The highest BCUT2D eigenvalue weighted by atomic mass is 16.2. The maximum atomic E-state index is 12.9. The van der Waals surface area contributed by atoms with Crippen LogP contribution in [0.1, 0.15) is 0 Å². The van der Waals surface area contributed by atoms with E-state index in [1.165, 1.54) is 16.7 Å². The number of benzene rings is 3. The van der Waals surface area contributed by atoms with Crippen molar-refractivity contribution in [1.29, 1.82) is 0 Å². The Bertz CT molecular complexity index is 1140. The average Bonchev–Trinajstić information content (AvgIpc) is 3.29. The van der Waals surface area contributed by atoms with Crippen LogP contribution in [0.5, 0.6) is 0 Å². The van der Waals surface area contributed by atoms with Crippen molar-refractivity contribution in [3.8, 4) is 11.4 Å². The second-order valence-electron chi connectivity index (χ2n) is 7.13. The molecule has 0 aliphatic carbocycles. The molecule has 6 nitrogen and oxygen atoms in total. The minimum atomic E-state index is -0.128. The van der Waals surface area contributed by atoms with Crippen LogP contribution < -0.4 is 4.90 Å². The highest BCUT2D eigenvalue weighted by Gasteiger charge is 2.23. The van der Waals surface area contributed by atoms with Crippen LogP contribution in [-0.4, -0.2) is 51.9 Å². The fourth-order valence-corrected chi connectivity index (χ4v) is 3.84. The molecule has 3 aromatic carbocycles. The van der Waals surface area contributed by atoms with Crippen molar-refractivity contribution in [2.45, 2.75) is 0 Å². The average molecular weight is 383 g/mol. The molecule has 0 bridgehead atoms. The van der Waals surface area contributed by atoms with E-state index in [0.29, 0.717) is 18.9 Å². The fourth-order valence-electron chi connectivity index (χ4n) is 3.84. The molecule has 1 saturated heterocycles. The van der Waals surface area contributed by atoms with Gasteiger partial charge in [0.25, 0.3) is 0 Å². The molecule has 1 aliphatic heterocycles. The standard InChI is InChI=1S/C23H21N5O/c29-23(27-15-13-26(14-16-27)19-9-2-1-3-10-19)28-17-24-22(25-28)21-12-6-8-18-7-4-5-11-20(18)21/h1-12,17H,13-16H2. The molecule has 1 fully saturated rings. The third-order valence-electron chi connectivity index (χ3n) is 5.39. The number of fused-ring (bicyclic) bond motifs is 1. The Kier molecular flexibility index (Phi) is 4.44. The van der Waals surface area contributed by atoms with E-state index < -0.39 is 0 Å². The van der Waals surface area contributed by atoms with Gasteiger partial charge in [0.15, 0.2) is 5.82 Å². The lowest BCUT2D eigenvalue weighted by Gasteiger charge is -2.35. The summed E-state index contributed by atoms with van der Waals surface area (Å²) in [6.07, 6.45) is 1.52. The fraction of sp³-hybridized carbons (Fsp3) is 0.174. The van der Waals surface area contributed by atoms with E-state index in [4.69, 9.17) is 0 Å². The molecule has 1 amide bonds. The number of amides is 1. The Morgan fingerprint density at radius 3 is 2.34 bits per heavy atom. The summed E-state index contributed by atoms with van der Waals surface area (Å²) in [5.41, 5.74) is 2.13. The molecular weight excluding hydrogens is 362 g/mol. The summed E-state index contributed by atoms with van der Waals surface area (Å²) in [6.45, 7) is 2.94. The summed E-state index contributed by atoms with van der Waals surface area (Å²) in [4.78, 5) is 21.5. The van der Waals surface area contributed by atoms with Crippen molar-refractivity contribution in [2.24, 2.45) is 0 Å². The topological polar surface area (TPSA) is 54.3 Å². The zero-order chi connectivity index (χ0) is 19.6. The maximum absolute atomic E-state index is 12.9. The number of hydrogen-bond acceptors (Lipinski definition) is 4. The summed E-state index contributed by atoms with van der Waals surface area (Å²) in [6, 6.07) is 24.3. The molecule has 2 heterocycles. The second-order valence-corrected chi connectivity index (χ2v) is 7.13. The van der Waals surface area contributed by atoms with Gasteiger partial charge in [-0.3, -0.25) is 0 Å². The predicted octanol–water partition coefficient (Wildman–Crippen LogP) is 3.89. The van der Waals surface area contributed by atoms with Crippen LogP contribution in [-0.2, 0) is 0 Å². The number of piperazine rings is 1. The summed E-state index contributed by atoms with van der Waals surface area (Å²) in [5, 5.41) is 6.69. The largest absolute Gasteiger partial charge is 0.368 e. The lowest BCUT2D eigenvalue weighted by Crippen LogP contribution is -2.50. The summed E-state index contributed by atoms with van der Waals surface area (Å²) in [5.74, 6) is 0.568. The highest BCUT2D eigenvalue weighted by Crippen LogP contribution is 2.26. The van der Waals surface area contributed by atoms with Gasteiger partial charge in [-0.15, -0.1) is 5.10 Å². The molecule has 4 aromatic rings. The van der Waals surface area contributed by atoms with Gasteiger partial charge in [-0.1, -0.05) is 60.7 Å². The van der Waals surface area contributed by atoms with E-state index in [1.54, 1.807) is 0 Å². The molecule has 0 N–H and O–H groups in total. The number of nitrogens with zero attached hydrogens (tertiary/aromatic N) is 5. The normalized spacial score (nSPS) is 14.3. The van der Waals surface area contributed by atoms with E-state index in [9.17, 15) is 4.79 Å². The molecule has 6 heteroatoms. The van der Waals surface area contributed by atoms with Gasteiger partial charge in [-0.2, -0.15) is 4.68 Å². The molecule has 0 saturated carbocycles. The molecule has 5 rings (SSSR count). The zero-order valence-corrected chi connectivity index (χ0v) is 16.0. The van der Waals surface area contributed by atoms with Crippen molar-refractivity contribution in [2.75, 3.05) is 31.1 Å². The Balaban J connectivity index is 1.33. The molecule has 144 valence electrons. The molecule has 1 aromatic heterocycles. The van der Waals surface area contributed by atoms with Crippen molar-refractivity contribution in [1.82, 2.24) is 19.7 Å². The Morgan fingerprint density at radius 2 is 1.52 bits per heavy atom. The first-order valence-electron chi connectivity index (χ1n) is 9.79. The third-order valence-corrected chi connectivity index (χ3v) is 5.39. The van der Waals surface area contributed by atoms with E-state index >= 15 is 0 Å². The van der Waals surface area contributed by atoms with Crippen molar-refractivity contribution in [3.63, 3.8) is 0 Å². The third kappa shape index (κ3) is 3.33. The number of carbonyl (C=O) groups excluding carboxylic acids is 1. The first kappa shape index (κ1) is 17.4. The summed E-state index contributed by atoms with van der Waals surface area (Å²) >= 11 is 0. The quantitative estimate of drug-likeness (QED) is 0.527. The number of carbonyl (C=O) groups is 1. The molecular formula is C23H21N5O. The van der Waals surface area contributed by atoms with E-state index in [-0.39, 0.29) is 6.03 Å². The predicted molar refractivity (Wildman–Crippen MR) is 114 cm³/mol. The second kappa shape index (κ2) is 7.39. The van der Waals surface area contributed by atoms with Crippen LogP contribution in [0, 0.1) is 0 Å². The SMILES string of the molecule is O=C(N1CCN(c2ccccc2)CC1)n1cnc(-c2cccc3ccccc23)n1. The van der Waals surface area contributed by atoms with Gasteiger partial charge in [0.1, 0.15) is 6.33 Å². The highest BCUT2D eigenvalue weighted by molar-refractivity contribution is 5.95. The van der Waals surface area contributed by atoms with Crippen LogP contribution >= 0.6 is 0 Å². The monoisotopic (exact) mass is 383 g/mol. The smallest absolute Gasteiger partial charge is 0.346 e. The molecule has 0 radical (unpaired) electrons. The van der Waals surface area contributed by atoms with Gasteiger partial charge in [0.2, 0.25) is 0 Å². The summed E-state index contributed by atoms with van der Waals surface area (Å²) < 4.78 is 1.36. The van der Waals surface area contributed by atoms with Gasteiger partial charge in [-0.05, 0) is 22.9 Å². The van der Waals surface area contributed by atoms with Gasteiger partial charge in [0.05, 0.1) is 0 Å². The zero-order valence-electron chi connectivity index (χ0n) is 16.0. The minimum Gasteiger partial charge on any atom is -0.368 e. The Labute approximate surface area is 169 Å². The number of aromatic nitrogens is 3. The first-order chi connectivity index (χ1) is 14.3. The van der Waals surface area contributed by atoms with Gasteiger partial charge >= 0.3 is 6.03 Å². The van der Waals surface area contributed by atoms with Crippen LogP contribution in [0.15, 0.2) is 79.1 Å². The van der Waals surface area contributed by atoms with E-state index in [2.05, 4.69) is 45.3 Å². The van der Waals surface area contributed by atoms with Gasteiger partial charge in [0, 0.05) is 37.4 Å². The lowest BCUT2D eigenvalue weighted by molar-refractivity contribution is 0.192.